The lowest BCUT2D eigenvalue weighted by atomic mass is 10.0. The molecule has 4 heterocycles. The third kappa shape index (κ3) is 3.65. The van der Waals surface area contributed by atoms with Crippen molar-refractivity contribution in [3.63, 3.8) is 0 Å². The van der Waals surface area contributed by atoms with Crippen molar-refractivity contribution in [3.05, 3.63) is 102 Å². The zero-order valence-electron chi connectivity index (χ0n) is 17.9. The molecule has 0 spiro atoms. The molecule has 1 N–H and O–H groups in total. The van der Waals surface area contributed by atoms with Gasteiger partial charge in [-0.2, -0.15) is 0 Å². The Balaban J connectivity index is 1.62. The van der Waals surface area contributed by atoms with Crippen LogP contribution >= 0.6 is 12.2 Å². The second-order valence-corrected chi connectivity index (χ2v) is 8.15. The van der Waals surface area contributed by atoms with Gasteiger partial charge >= 0.3 is 0 Å². The number of aromatic nitrogens is 2. The van der Waals surface area contributed by atoms with Gasteiger partial charge < -0.3 is 23.9 Å². The number of aryl methyl sites for hydroxylation is 1. The number of nitrogens with zero attached hydrogens (tertiary/aromatic N) is 3. The summed E-state index contributed by atoms with van der Waals surface area (Å²) in [6, 6.07) is 22.1. The average Bonchev–Trinajstić information content (AvgIpc) is 3.55. The van der Waals surface area contributed by atoms with Gasteiger partial charge in [-0.3, -0.25) is 4.98 Å². The first-order valence-corrected chi connectivity index (χ1v) is 10.9. The highest BCUT2D eigenvalue weighted by atomic mass is 32.1. The van der Waals surface area contributed by atoms with Crippen LogP contribution in [-0.2, 0) is 6.54 Å². The summed E-state index contributed by atoms with van der Waals surface area (Å²) in [5.41, 5.74) is 4.28. The molecule has 4 aromatic rings. The molecule has 32 heavy (non-hydrogen) atoms. The Hall–Kier alpha value is -3.58. The van der Waals surface area contributed by atoms with Crippen molar-refractivity contribution in [3.8, 4) is 11.4 Å². The molecule has 0 aliphatic carbocycles. The molecule has 1 fully saturated rings. The maximum atomic E-state index is 5.79. The molecule has 0 unspecified atom stereocenters. The second kappa shape index (κ2) is 8.51. The molecule has 1 aliphatic heterocycles. The Bertz CT molecular complexity index is 1200. The monoisotopic (exact) mass is 444 g/mol. The SMILES string of the molecule is COc1ccc(-n2c(C)ccc2[C@H]2[C@@H](c3ccccn3)NC(=S)N2Cc2ccco2)cc1. The molecule has 0 saturated carbocycles. The van der Waals surface area contributed by atoms with Gasteiger partial charge in [0.25, 0.3) is 0 Å². The van der Waals surface area contributed by atoms with Crippen molar-refractivity contribution >= 4 is 17.3 Å². The van der Waals surface area contributed by atoms with Crippen molar-refractivity contribution in [1.82, 2.24) is 19.8 Å². The van der Waals surface area contributed by atoms with Gasteiger partial charge in [-0.25, -0.2) is 0 Å². The number of ether oxygens (including phenoxy) is 1. The van der Waals surface area contributed by atoms with Crippen LogP contribution < -0.4 is 10.1 Å². The molecular weight excluding hydrogens is 420 g/mol. The Morgan fingerprint density at radius 2 is 1.91 bits per heavy atom. The minimum Gasteiger partial charge on any atom is -0.497 e. The van der Waals surface area contributed by atoms with Crippen LogP contribution in [0.15, 0.2) is 83.6 Å². The third-order valence-electron chi connectivity index (χ3n) is 5.84. The average molecular weight is 445 g/mol. The molecule has 0 bridgehead atoms. The lowest BCUT2D eigenvalue weighted by Gasteiger charge is -2.28. The van der Waals surface area contributed by atoms with Crippen molar-refractivity contribution in [2.45, 2.75) is 25.6 Å². The molecule has 3 aromatic heterocycles. The fraction of sp³-hybridized carbons (Fsp3) is 0.200. The second-order valence-electron chi connectivity index (χ2n) is 7.77. The molecule has 6 nitrogen and oxygen atoms in total. The molecular formula is C25H24N4O2S. The zero-order valence-corrected chi connectivity index (χ0v) is 18.8. The van der Waals surface area contributed by atoms with Gasteiger partial charge in [-0.05, 0) is 79.8 Å². The Morgan fingerprint density at radius 1 is 1.06 bits per heavy atom. The van der Waals surface area contributed by atoms with Crippen molar-refractivity contribution in [1.29, 1.82) is 0 Å². The van der Waals surface area contributed by atoms with E-state index in [0.29, 0.717) is 11.7 Å². The molecule has 1 saturated heterocycles. The van der Waals surface area contributed by atoms with Crippen LogP contribution in [0.5, 0.6) is 5.75 Å². The lowest BCUT2D eigenvalue weighted by molar-refractivity contribution is 0.280. The summed E-state index contributed by atoms with van der Waals surface area (Å²) in [6.07, 6.45) is 3.51. The normalized spacial score (nSPS) is 18.1. The smallest absolute Gasteiger partial charge is 0.170 e. The number of hydrogen-bond donors (Lipinski definition) is 1. The van der Waals surface area contributed by atoms with Crippen molar-refractivity contribution < 1.29 is 9.15 Å². The number of furan rings is 1. The number of benzene rings is 1. The van der Waals surface area contributed by atoms with Crippen LogP contribution in [0.2, 0.25) is 0 Å². The summed E-state index contributed by atoms with van der Waals surface area (Å²) < 4.78 is 13.3. The molecule has 0 radical (unpaired) electrons. The highest BCUT2D eigenvalue weighted by Gasteiger charge is 2.41. The van der Waals surface area contributed by atoms with Crippen LogP contribution in [0.4, 0.5) is 0 Å². The summed E-state index contributed by atoms with van der Waals surface area (Å²) in [7, 11) is 1.68. The number of rotatable bonds is 6. The predicted molar refractivity (Wildman–Crippen MR) is 127 cm³/mol. The van der Waals surface area contributed by atoms with Gasteiger partial charge in [0, 0.05) is 23.3 Å². The van der Waals surface area contributed by atoms with Crippen LogP contribution in [0, 0.1) is 6.92 Å². The van der Waals surface area contributed by atoms with E-state index >= 15 is 0 Å². The molecule has 5 rings (SSSR count). The van der Waals surface area contributed by atoms with E-state index in [1.807, 2.05) is 48.7 Å². The van der Waals surface area contributed by atoms with E-state index in [9.17, 15) is 0 Å². The Labute approximate surface area is 192 Å². The summed E-state index contributed by atoms with van der Waals surface area (Å²) in [5.74, 6) is 1.69. The summed E-state index contributed by atoms with van der Waals surface area (Å²) in [5, 5.41) is 4.19. The van der Waals surface area contributed by atoms with E-state index in [2.05, 4.69) is 51.0 Å². The highest BCUT2D eigenvalue weighted by molar-refractivity contribution is 7.80. The minimum atomic E-state index is -0.0926. The maximum absolute atomic E-state index is 5.79. The quantitative estimate of drug-likeness (QED) is 0.425. The fourth-order valence-electron chi connectivity index (χ4n) is 4.34. The van der Waals surface area contributed by atoms with Gasteiger partial charge in [-0.15, -0.1) is 0 Å². The van der Waals surface area contributed by atoms with Gasteiger partial charge in [0.2, 0.25) is 0 Å². The minimum absolute atomic E-state index is 0.0710. The first-order chi connectivity index (χ1) is 15.7. The number of nitrogens with one attached hydrogen (secondary N) is 1. The van der Waals surface area contributed by atoms with Gasteiger partial charge in [-0.1, -0.05) is 6.07 Å². The zero-order chi connectivity index (χ0) is 22.1. The highest BCUT2D eigenvalue weighted by Crippen LogP contribution is 2.41. The standard InChI is InChI=1S/C25H24N4O2S/c1-17-8-13-22(29(17)18-9-11-19(30-2)12-10-18)24-23(21-7-3-4-14-26-21)27-25(32)28(24)16-20-6-5-15-31-20/h3-15,23-24H,16H2,1-2H3,(H,27,32)/t23-,24+/m1/s1. The van der Waals surface area contributed by atoms with E-state index in [0.717, 1.165) is 34.3 Å². The lowest BCUT2D eigenvalue weighted by Crippen LogP contribution is -2.30. The van der Waals surface area contributed by atoms with Gasteiger partial charge in [0.15, 0.2) is 5.11 Å². The fourth-order valence-corrected chi connectivity index (χ4v) is 4.65. The topological polar surface area (TPSA) is 55.5 Å². The molecule has 1 aromatic carbocycles. The van der Waals surface area contributed by atoms with Crippen molar-refractivity contribution in [2.24, 2.45) is 0 Å². The molecule has 1 aliphatic rings. The van der Waals surface area contributed by atoms with Crippen LogP contribution in [0.3, 0.4) is 0 Å². The molecule has 2 atom stereocenters. The summed E-state index contributed by atoms with van der Waals surface area (Å²) >= 11 is 5.79. The van der Waals surface area contributed by atoms with E-state index in [-0.39, 0.29) is 12.1 Å². The van der Waals surface area contributed by atoms with Crippen LogP contribution in [-0.4, -0.2) is 26.7 Å². The first kappa shape index (κ1) is 20.3. The molecule has 0 amide bonds. The number of methoxy groups -OCH3 is 1. The maximum Gasteiger partial charge on any atom is 0.170 e. The van der Waals surface area contributed by atoms with Crippen LogP contribution in [0.25, 0.3) is 5.69 Å². The van der Waals surface area contributed by atoms with Gasteiger partial charge in [0.05, 0.1) is 37.7 Å². The third-order valence-corrected chi connectivity index (χ3v) is 6.20. The number of hydrogen-bond acceptors (Lipinski definition) is 4. The first-order valence-electron chi connectivity index (χ1n) is 10.5. The predicted octanol–water partition coefficient (Wildman–Crippen LogP) is 4.96. The summed E-state index contributed by atoms with van der Waals surface area (Å²) in [4.78, 5) is 6.82. The molecule has 7 heteroatoms. The Kier molecular flexibility index (Phi) is 5.41. The van der Waals surface area contributed by atoms with Crippen molar-refractivity contribution in [2.75, 3.05) is 7.11 Å². The number of thiocarbonyl (C=S) groups is 1. The van der Waals surface area contributed by atoms with Gasteiger partial charge in [0.1, 0.15) is 11.5 Å². The van der Waals surface area contributed by atoms with E-state index in [4.69, 9.17) is 21.4 Å². The molecule has 162 valence electrons. The largest absolute Gasteiger partial charge is 0.497 e. The van der Waals surface area contributed by atoms with E-state index in [1.165, 1.54) is 0 Å². The van der Waals surface area contributed by atoms with Crippen LogP contribution in [0.1, 0.15) is 34.9 Å². The Morgan fingerprint density at radius 3 is 2.59 bits per heavy atom. The van der Waals surface area contributed by atoms with E-state index < -0.39 is 0 Å². The number of pyridine rings is 1. The summed E-state index contributed by atoms with van der Waals surface area (Å²) in [6.45, 7) is 2.68. The van der Waals surface area contributed by atoms with E-state index in [1.54, 1.807) is 13.4 Å².